The van der Waals surface area contributed by atoms with Crippen molar-refractivity contribution in [2.45, 2.75) is 13.8 Å². The van der Waals surface area contributed by atoms with E-state index in [0.29, 0.717) is 0 Å². The fourth-order valence-corrected chi connectivity index (χ4v) is 0.167. The number of carboxylic acids is 2. The first-order valence-corrected chi connectivity index (χ1v) is 3.95. The maximum atomic E-state index is 9.00. The predicted molar refractivity (Wildman–Crippen MR) is 56.3 cm³/mol. The topological polar surface area (TPSA) is 115 Å². The monoisotopic (exact) mass is 230 g/mol. The van der Waals surface area contributed by atoms with Gasteiger partial charge in [0.05, 0.1) is 0 Å². The lowest BCUT2D eigenvalue weighted by atomic mass is 10.5. The highest BCUT2D eigenvalue weighted by Crippen LogP contribution is 1.52. The molecule has 0 amide bonds. The van der Waals surface area contributed by atoms with Crippen LogP contribution >= 0.6 is 0 Å². The van der Waals surface area contributed by atoms with E-state index in [1.165, 1.54) is 0 Å². The zero-order chi connectivity index (χ0) is 13.4. The summed E-state index contributed by atoms with van der Waals surface area (Å²) in [7, 11) is 0. The number of aliphatic hydroxyl groups is 2. The molecule has 0 aliphatic carbocycles. The van der Waals surface area contributed by atoms with Crippen LogP contribution in [0.25, 0.3) is 0 Å². The maximum absolute atomic E-state index is 9.00. The van der Waals surface area contributed by atoms with E-state index in [0.717, 1.165) is 13.8 Å². The van der Waals surface area contributed by atoms with Gasteiger partial charge >= 0.3 is 0 Å². The van der Waals surface area contributed by atoms with E-state index in [2.05, 4.69) is 23.7 Å². The molecule has 0 bridgehead atoms. The van der Waals surface area contributed by atoms with Crippen molar-refractivity contribution in [3.05, 3.63) is 0 Å². The summed E-state index contributed by atoms with van der Waals surface area (Å²) in [6, 6.07) is 0. The first-order chi connectivity index (χ1) is 7.38. The van der Waals surface area contributed by atoms with Gasteiger partial charge in [0.2, 0.25) is 0 Å². The Morgan fingerprint density at radius 1 is 0.875 bits per heavy atom. The molecular weight excluding hydrogens is 216 g/mol. The third kappa shape index (κ3) is 163. The molecule has 0 aromatic carbocycles. The van der Waals surface area contributed by atoms with Gasteiger partial charge in [-0.3, -0.25) is 9.59 Å². The Hall–Kier alpha value is -2.02. The van der Waals surface area contributed by atoms with Crippen molar-refractivity contribution in [3.8, 4) is 23.7 Å². The van der Waals surface area contributed by atoms with Crippen molar-refractivity contribution in [2.75, 3.05) is 13.2 Å². The van der Waals surface area contributed by atoms with Gasteiger partial charge in [-0.25, -0.2) is 0 Å². The van der Waals surface area contributed by atoms with Gasteiger partial charge in [0, 0.05) is 13.8 Å². The zero-order valence-electron chi connectivity index (χ0n) is 9.02. The smallest absolute Gasteiger partial charge is 0.300 e. The molecule has 0 unspecified atom stereocenters. The van der Waals surface area contributed by atoms with E-state index >= 15 is 0 Å². The van der Waals surface area contributed by atoms with E-state index in [1.54, 1.807) is 0 Å². The molecule has 0 saturated carbocycles. The number of hydrogen-bond acceptors (Lipinski definition) is 4. The molecule has 0 rings (SSSR count). The molecule has 0 aliphatic heterocycles. The van der Waals surface area contributed by atoms with Crippen molar-refractivity contribution >= 4 is 11.9 Å². The number of aliphatic carboxylic acids is 2. The quantitative estimate of drug-likeness (QED) is 0.403. The summed E-state index contributed by atoms with van der Waals surface area (Å²) < 4.78 is 0. The molecule has 0 aromatic rings. The van der Waals surface area contributed by atoms with Crippen molar-refractivity contribution in [3.63, 3.8) is 0 Å². The SMILES string of the molecule is CC(=O)O.CC(=O)O.OCC#CC#CCO. The number of rotatable bonds is 0. The van der Waals surface area contributed by atoms with Crippen molar-refractivity contribution in [1.82, 2.24) is 0 Å². The molecular formula is C10H14O6. The number of hydrogen-bond donors (Lipinski definition) is 4. The average Bonchev–Trinajstić information content (AvgIpc) is 2.11. The normalized spacial score (nSPS) is 6.00. The third-order valence-electron chi connectivity index (χ3n) is 0.397. The van der Waals surface area contributed by atoms with Crippen molar-refractivity contribution in [1.29, 1.82) is 0 Å². The van der Waals surface area contributed by atoms with Crippen molar-refractivity contribution in [2.24, 2.45) is 0 Å². The molecule has 0 fully saturated rings. The minimum atomic E-state index is -0.833. The molecule has 0 spiro atoms. The Labute approximate surface area is 93.5 Å². The van der Waals surface area contributed by atoms with Crippen LogP contribution in [0.4, 0.5) is 0 Å². The number of carbonyl (C=O) groups is 2. The summed E-state index contributed by atoms with van der Waals surface area (Å²) in [5.41, 5.74) is 0. The van der Waals surface area contributed by atoms with Crippen LogP contribution in [0, 0.1) is 23.7 Å². The van der Waals surface area contributed by atoms with Gasteiger partial charge in [-0.2, -0.15) is 0 Å². The third-order valence-corrected chi connectivity index (χ3v) is 0.397. The summed E-state index contributed by atoms with van der Waals surface area (Å²) in [4.78, 5) is 18.0. The fraction of sp³-hybridized carbons (Fsp3) is 0.400. The lowest BCUT2D eigenvalue weighted by Crippen LogP contribution is -1.78. The van der Waals surface area contributed by atoms with Crippen LogP contribution in [0.5, 0.6) is 0 Å². The Balaban J connectivity index is -0.000000179. The second-order valence-electron chi connectivity index (χ2n) is 1.96. The van der Waals surface area contributed by atoms with Gasteiger partial charge in [-0.15, -0.1) is 0 Å². The molecule has 0 aliphatic rings. The first-order valence-electron chi connectivity index (χ1n) is 3.95. The van der Waals surface area contributed by atoms with Crippen LogP contribution < -0.4 is 0 Å². The molecule has 0 atom stereocenters. The van der Waals surface area contributed by atoms with Crippen LogP contribution in [-0.2, 0) is 9.59 Å². The van der Waals surface area contributed by atoms with Crippen LogP contribution in [-0.4, -0.2) is 45.6 Å². The van der Waals surface area contributed by atoms with Gasteiger partial charge in [-0.05, 0) is 11.8 Å². The fourth-order valence-electron chi connectivity index (χ4n) is 0.167. The van der Waals surface area contributed by atoms with E-state index in [9.17, 15) is 0 Å². The summed E-state index contributed by atoms with van der Waals surface area (Å²) in [6.07, 6.45) is 0. The van der Waals surface area contributed by atoms with E-state index in [1.807, 2.05) is 0 Å². The Bertz CT molecular complexity index is 259. The Morgan fingerprint density at radius 3 is 1.19 bits per heavy atom. The highest BCUT2D eigenvalue weighted by atomic mass is 16.4. The average molecular weight is 230 g/mol. The highest BCUT2D eigenvalue weighted by Gasteiger charge is 1.66. The summed E-state index contributed by atoms with van der Waals surface area (Å²) in [5.74, 6) is 7.57. The van der Waals surface area contributed by atoms with Gasteiger partial charge in [0.1, 0.15) is 13.2 Å². The van der Waals surface area contributed by atoms with E-state index in [-0.39, 0.29) is 13.2 Å². The first kappa shape index (κ1) is 19.5. The summed E-state index contributed by atoms with van der Waals surface area (Å²) >= 11 is 0. The molecule has 6 heteroatoms. The van der Waals surface area contributed by atoms with Crippen LogP contribution in [0.2, 0.25) is 0 Å². The lowest BCUT2D eigenvalue weighted by molar-refractivity contribution is -0.135. The standard InChI is InChI=1S/C6H6O2.2C2H4O2/c7-5-3-1-2-4-6-8;2*1-2(3)4/h7-8H,5-6H2;2*1H3,(H,3,4). The molecule has 90 valence electrons. The Kier molecular flexibility index (Phi) is 22.8. The maximum Gasteiger partial charge on any atom is 0.300 e. The highest BCUT2D eigenvalue weighted by molar-refractivity contribution is 5.63. The van der Waals surface area contributed by atoms with Crippen LogP contribution in [0.3, 0.4) is 0 Å². The molecule has 0 heterocycles. The van der Waals surface area contributed by atoms with Gasteiger partial charge in [-0.1, -0.05) is 11.8 Å². The summed E-state index contributed by atoms with van der Waals surface area (Å²) in [6.45, 7) is 1.81. The van der Waals surface area contributed by atoms with Crippen molar-refractivity contribution < 1.29 is 30.0 Å². The molecule has 4 N–H and O–H groups in total. The van der Waals surface area contributed by atoms with Gasteiger partial charge in [0.25, 0.3) is 11.9 Å². The second-order valence-corrected chi connectivity index (χ2v) is 1.96. The van der Waals surface area contributed by atoms with Gasteiger partial charge in [0.15, 0.2) is 0 Å². The molecule has 6 nitrogen and oxygen atoms in total. The van der Waals surface area contributed by atoms with Crippen LogP contribution in [0.1, 0.15) is 13.8 Å². The van der Waals surface area contributed by atoms with E-state index in [4.69, 9.17) is 30.0 Å². The Morgan fingerprint density at radius 2 is 1.06 bits per heavy atom. The van der Waals surface area contributed by atoms with Crippen LogP contribution in [0.15, 0.2) is 0 Å². The predicted octanol–water partition coefficient (Wildman–Crippen LogP) is -0.840. The zero-order valence-corrected chi connectivity index (χ0v) is 9.02. The molecule has 0 aromatic heterocycles. The summed E-state index contributed by atoms with van der Waals surface area (Å²) in [5, 5.41) is 31.0. The molecule has 0 radical (unpaired) electrons. The molecule has 0 saturated heterocycles. The largest absolute Gasteiger partial charge is 0.481 e. The second kappa shape index (κ2) is 18.7. The minimum absolute atomic E-state index is 0.180. The number of carboxylic acid groups (broad SMARTS) is 2. The minimum Gasteiger partial charge on any atom is -0.481 e. The van der Waals surface area contributed by atoms with Gasteiger partial charge < -0.3 is 20.4 Å². The molecule has 16 heavy (non-hydrogen) atoms. The lowest BCUT2D eigenvalue weighted by Gasteiger charge is -1.64. The number of aliphatic hydroxyl groups excluding tert-OH is 2. The van der Waals surface area contributed by atoms with E-state index < -0.39 is 11.9 Å².